The fraction of sp³-hybridized carbons (Fsp3) is 0.333. The third-order valence-corrected chi connectivity index (χ3v) is 4.13. The number of ether oxygens (including phenoxy) is 1. The Morgan fingerprint density at radius 1 is 1.05 bits per heavy atom. The summed E-state index contributed by atoms with van der Waals surface area (Å²) < 4.78 is 28.5. The number of hydrogen-bond donors (Lipinski definition) is 1. The van der Waals surface area contributed by atoms with Crippen LogP contribution in [0.3, 0.4) is 0 Å². The SMILES string of the molecule is CC(NC(C)c1cccs1)c1ccc(OC(F)F)cc1. The monoisotopic (exact) mass is 297 g/mol. The van der Waals surface area contributed by atoms with Gasteiger partial charge in [0.1, 0.15) is 5.75 Å². The van der Waals surface area contributed by atoms with Gasteiger partial charge in [0, 0.05) is 17.0 Å². The predicted octanol–water partition coefficient (Wildman–Crippen LogP) is 4.76. The van der Waals surface area contributed by atoms with Crippen LogP contribution in [0.25, 0.3) is 0 Å². The van der Waals surface area contributed by atoms with E-state index in [2.05, 4.69) is 28.4 Å². The molecule has 0 spiro atoms. The molecule has 2 unspecified atom stereocenters. The highest BCUT2D eigenvalue weighted by atomic mass is 32.1. The lowest BCUT2D eigenvalue weighted by atomic mass is 10.1. The molecule has 108 valence electrons. The van der Waals surface area contributed by atoms with Gasteiger partial charge in [0.2, 0.25) is 0 Å². The molecule has 0 amide bonds. The molecular weight excluding hydrogens is 280 g/mol. The van der Waals surface area contributed by atoms with E-state index in [-0.39, 0.29) is 17.8 Å². The molecule has 0 saturated heterocycles. The molecule has 1 heterocycles. The van der Waals surface area contributed by atoms with E-state index in [0.717, 1.165) is 5.56 Å². The molecule has 2 atom stereocenters. The van der Waals surface area contributed by atoms with E-state index < -0.39 is 6.61 Å². The average Bonchev–Trinajstić information content (AvgIpc) is 2.92. The fourth-order valence-electron chi connectivity index (χ4n) is 2.03. The summed E-state index contributed by atoms with van der Waals surface area (Å²) in [6.07, 6.45) is 0. The van der Waals surface area contributed by atoms with Crippen molar-refractivity contribution in [2.75, 3.05) is 0 Å². The molecular formula is C15H17F2NOS. The minimum absolute atomic E-state index is 0.132. The average molecular weight is 297 g/mol. The van der Waals surface area contributed by atoms with Crippen LogP contribution in [0.5, 0.6) is 5.75 Å². The van der Waals surface area contributed by atoms with E-state index in [0.29, 0.717) is 0 Å². The van der Waals surface area contributed by atoms with Crippen LogP contribution in [0.1, 0.15) is 36.4 Å². The van der Waals surface area contributed by atoms with Gasteiger partial charge in [-0.1, -0.05) is 18.2 Å². The zero-order valence-corrected chi connectivity index (χ0v) is 12.2. The molecule has 1 aromatic heterocycles. The maximum absolute atomic E-state index is 12.1. The van der Waals surface area contributed by atoms with Crippen molar-refractivity contribution in [2.45, 2.75) is 32.5 Å². The van der Waals surface area contributed by atoms with Crippen LogP contribution in [-0.4, -0.2) is 6.61 Å². The zero-order valence-electron chi connectivity index (χ0n) is 11.3. The number of halogens is 2. The van der Waals surface area contributed by atoms with Crippen LogP contribution >= 0.6 is 11.3 Å². The predicted molar refractivity (Wildman–Crippen MR) is 77.4 cm³/mol. The van der Waals surface area contributed by atoms with Crippen LogP contribution in [0, 0.1) is 0 Å². The third kappa shape index (κ3) is 4.02. The van der Waals surface area contributed by atoms with Gasteiger partial charge < -0.3 is 10.1 Å². The van der Waals surface area contributed by atoms with E-state index in [1.807, 2.05) is 13.0 Å². The normalized spacial score (nSPS) is 14.2. The third-order valence-electron chi connectivity index (χ3n) is 3.08. The maximum atomic E-state index is 12.1. The first-order valence-electron chi connectivity index (χ1n) is 6.40. The minimum atomic E-state index is -2.78. The Morgan fingerprint density at radius 2 is 1.75 bits per heavy atom. The molecule has 1 N–H and O–H groups in total. The lowest BCUT2D eigenvalue weighted by Crippen LogP contribution is -2.21. The summed E-state index contributed by atoms with van der Waals surface area (Å²) in [4.78, 5) is 1.27. The number of alkyl halides is 2. The quantitative estimate of drug-likeness (QED) is 0.830. The van der Waals surface area contributed by atoms with Gasteiger partial charge in [-0.3, -0.25) is 0 Å². The van der Waals surface area contributed by atoms with Crippen LogP contribution in [-0.2, 0) is 0 Å². The van der Waals surface area contributed by atoms with Crippen LogP contribution in [0.4, 0.5) is 8.78 Å². The summed E-state index contributed by atoms with van der Waals surface area (Å²) in [6, 6.07) is 11.2. The van der Waals surface area contributed by atoms with E-state index >= 15 is 0 Å². The zero-order chi connectivity index (χ0) is 14.5. The molecule has 0 aliphatic heterocycles. The highest BCUT2D eigenvalue weighted by Crippen LogP contribution is 2.24. The Morgan fingerprint density at radius 3 is 2.30 bits per heavy atom. The Balaban J connectivity index is 1.97. The summed E-state index contributed by atoms with van der Waals surface area (Å²) in [6.45, 7) is 1.37. The molecule has 0 aliphatic rings. The second-order valence-corrected chi connectivity index (χ2v) is 5.55. The summed E-state index contributed by atoms with van der Waals surface area (Å²) in [5.74, 6) is 0.183. The van der Waals surface area contributed by atoms with Gasteiger partial charge in [-0.2, -0.15) is 8.78 Å². The van der Waals surface area contributed by atoms with Crippen molar-refractivity contribution in [1.29, 1.82) is 0 Å². The molecule has 0 aliphatic carbocycles. The van der Waals surface area contributed by atoms with Crippen LogP contribution < -0.4 is 10.1 Å². The van der Waals surface area contributed by atoms with Gasteiger partial charge in [-0.15, -0.1) is 11.3 Å². The van der Waals surface area contributed by atoms with Crippen molar-refractivity contribution in [3.8, 4) is 5.75 Å². The standard InChI is InChI=1S/C15H17F2NOS/c1-10(18-11(2)14-4-3-9-20-14)12-5-7-13(8-6-12)19-15(16)17/h3-11,15,18H,1-2H3. The summed E-state index contributed by atoms with van der Waals surface area (Å²) in [7, 11) is 0. The Bertz CT molecular complexity index is 513. The van der Waals surface area contributed by atoms with Crippen molar-refractivity contribution >= 4 is 11.3 Å². The van der Waals surface area contributed by atoms with Gasteiger partial charge in [0.15, 0.2) is 0 Å². The van der Waals surface area contributed by atoms with E-state index in [4.69, 9.17) is 0 Å². The second kappa shape index (κ2) is 6.81. The molecule has 0 fully saturated rings. The molecule has 0 saturated carbocycles. The number of nitrogens with one attached hydrogen (secondary N) is 1. The maximum Gasteiger partial charge on any atom is 0.387 e. The molecule has 1 aromatic carbocycles. The molecule has 2 rings (SSSR count). The van der Waals surface area contributed by atoms with Crippen molar-refractivity contribution < 1.29 is 13.5 Å². The van der Waals surface area contributed by atoms with Crippen LogP contribution in [0.2, 0.25) is 0 Å². The molecule has 2 aromatic rings. The molecule has 0 radical (unpaired) electrons. The second-order valence-electron chi connectivity index (χ2n) is 4.57. The summed E-state index contributed by atoms with van der Waals surface area (Å²) in [5, 5.41) is 5.53. The van der Waals surface area contributed by atoms with Crippen LogP contribution in [0.15, 0.2) is 41.8 Å². The van der Waals surface area contributed by atoms with Gasteiger partial charge in [0.25, 0.3) is 0 Å². The molecule has 20 heavy (non-hydrogen) atoms. The number of rotatable bonds is 6. The first kappa shape index (κ1) is 14.9. The van der Waals surface area contributed by atoms with Crippen molar-refractivity contribution in [2.24, 2.45) is 0 Å². The molecule has 5 heteroatoms. The van der Waals surface area contributed by atoms with E-state index in [9.17, 15) is 8.78 Å². The smallest absolute Gasteiger partial charge is 0.387 e. The van der Waals surface area contributed by atoms with Gasteiger partial charge in [0.05, 0.1) is 0 Å². The Labute approximate surface area is 121 Å². The lowest BCUT2D eigenvalue weighted by molar-refractivity contribution is -0.0498. The Kier molecular flexibility index (Phi) is 5.09. The number of hydrogen-bond acceptors (Lipinski definition) is 3. The van der Waals surface area contributed by atoms with Gasteiger partial charge in [-0.25, -0.2) is 0 Å². The summed E-state index contributed by atoms with van der Waals surface area (Å²) in [5.41, 5.74) is 1.04. The topological polar surface area (TPSA) is 21.3 Å². The lowest BCUT2D eigenvalue weighted by Gasteiger charge is -2.19. The highest BCUT2D eigenvalue weighted by molar-refractivity contribution is 7.10. The largest absolute Gasteiger partial charge is 0.435 e. The van der Waals surface area contributed by atoms with Gasteiger partial charge in [-0.05, 0) is 43.0 Å². The van der Waals surface area contributed by atoms with Crippen molar-refractivity contribution in [1.82, 2.24) is 5.32 Å². The first-order chi connectivity index (χ1) is 9.56. The highest BCUT2D eigenvalue weighted by Gasteiger charge is 2.12. The molecule has 2 nitrogen and oxygen atoms in total. The Hall–Kier alpha value is -1.46. The number of benzene rings is 1. The van der Waals surface area contributed by atoms with E-state index in [1.165, 1.54) is 4.88 Å². The van der Waals surface area contributed by atoms with E-state index in [1.54, 1.807) is 35.6 Å². The first-order valence-corrected chi connectivity index (χ1v) is 7.28. The van der Waals surface area contributed by atoms with Crippen molar-refractivity contribution in [3.63, 3.8) is 0 Å². The molecule has 0 bridgehead atoms. The summed E-state index contributed by atoms with van der Waals surface area (Å²) >= 11 is 1.71. The van der Waals surface area contributed by atoms with Gasteiger partial charge >= 0.3 is 6.61 Å². The minimum Gasteiger partial charge on any atom is -0.435 e. The fourth-order valence-corrected chi connectivity index (χ4v) is 2.77. The number of thiophene rings is 1. The van der Waals surface area contributed by atoms with Crippen molar-refractivity contribution in [3.05, 3.63) is 52.2 Å².